The normalized spacial score (nSPS) is 10.7. The molecule has 3 aromatic rings. The molecule has 5 nitrogen and oxygen atoms in total. The standard InChI is InChI=1S/C12H8BrN3O2/c13-9-4-3-8(17-9)11-10(12(14)18-16-11)7-2-1-5-15-6-7/h1-6H,14H2. The molecule has 0 unspecified atom stereocenters. The van der Waals surface area contributed by atoms with E-state index in [0.717, 1.165) is 5.56 Å². The Morgan fingerprint density at radius 3 is 2.78 bits per heavy atom. The minimum absolute atomic E-state index is 0.241. The van der Waals surface area contributed by atoms with E-state index in [1.165, 1.54) is 0 Å². The first-order valence-electron chi connectivity index (χ1n) is 5.17. The van der Waals surface area contributed by atoms with Crippen LogP contribution in [0.15, 0.2) is 50.3 Å². The molecular weight excluding hydrogens is 298 g/mol. The van der Waals surface area contributed by atoms with E-state index in [1.54, 1.807) is 24.5 Å². The van der Waals surface area contributed by atoms with Crippen LogP contribution in [0.5, 0.6) is 0 Å². The van der Waals surface area contributed by atoms with Gasteiger partial charge >= 0.3 is 0 Å². The Balaban J connectivity index is 2.18. The number of furan rings is 1. The molecule has 0 radical (unpaired) electrons. The van der Waals surface area contributed by atoms with Crippen molar-refractivity contribution in [1.29, 1.82) is 0 Å². The molecule has 0 saturated heterocycles. The first-order valence-corrected chi connectivity index (χ1v) is 5.96. The Morgan fingerprint density at radius 2 is 2.11 bits per heavy atom. The highest BCUT2D eigenvalue weighted by Gasteiger charge is 2.19. The second-order valence-corrected chi connectivity index (χ2v) is 4.40. The van der Waals surface area contributed by atoms with Crippen LogP contribution in [0.3, 0.4) is 0 Å². The van der Waals surface area contributed by atoms with Crippen LogP contribution in [0.4, 0.5) is 5.88 Å². The Bertz CT molecular complexity index is 676. The van der Waals surface area contributed by atoms with Crippen molar-refractivity contribution in [2.45, 2.75) is 0 Å². The summed E-state index contributed by atoms with van der Waals surface area (Å²) in [6.45, 7) is 0. The first kappa shape index (κ1) is 11.0. The van der Waals surface area contributed by atoms with Crippen LogP contribution >= 0.6 is 15.9 Å². The van der Waals surface area contributed by atoms with E-state index >= 15 is 0 Å². The second kappa shape index (κ2) is 4.30. The predicted molar refractivity (Wildman–Crippen MR) is 69.5 cm³/mol. The second-order valence-electron chi connectivity index (χ2n) is 3.62. The molecule has 2 N–H and O–H groups in total. The summed E-state index contributed by atoms with van der Waals surface area (Å²) in [6, 6.07) is 7.29. The molecule has 0 aliphatic carbocycles. The van der Waals surface area contributed by atoms with Crippen LogP contribution in [0.2, 0.25) is 0 Å². The number of anilines is 1. The Morgan fingerprint density at radius 1 is 1.22 bits per heavy atom. The summed E-state index contributed by atoms with van der Waals surface area (Å²) >= 11 is 3.25. The molecule has 0 atom stereocenters. The van der Waals surface area contributed by atoms with Crippen molar-refractivity contribution in [1.82, 2.24) is 10.1 Å². The Labute approximate surface area is 111 Å². The maximum Gasteiger partial charge on any atom is 0.230 e. The van der Waals surface area contributed by atoms with E-state index in [2.05, 4.69) is 26.1 Å². The fraction of sp³-hybridized carbons (Fsp3) is 0. The van der Waals surface area contributed by atoms with E-state index in [-0.39, 0.29) is 5.88 Å². The smallest absolute Gasteiger partial charge is 0.230 e. The van der Waals surface area contributed by atoms with Gasteiger partial charge in [-0.05, 0) is 34.1 Å². The summed E-state index contributed by atoms with van der Waals surface area (Å²) in [5, 5.41) is 3.93. The molecule has 90 valence electrons. The van der Waals surface area contributed by atoms with Crippen LogP contribution < -0.4 is 5.73 Å². The summed E-state index contributed by atoms with van der Waals surface area (Å²) in [4.78, 5) is 4.06. The largest absolute Gasteiger partial charge is 0.448 e. The zero-order valence-electron chi connectivity index (χ0n) is 9.13. The maximum absolute atomic E-state index is 5.81. The van der Waals surface area contributed by atoms with Crippen molar-refractivity contribution in [2.24, 2.45) is 0 Å². The quantitative estimate of drug-likeness (QED) is 0.785. The molecule has 0 aliphatic rings. The summed E-state index contributed by atoms with van der Waals surface area (Å²) in [5.74, 6) is 0.826. The van der Waals surface area contributed by atoms with Gasteiger partial charge in [-0.25, -0.2) is 0 Å². The van der Waals surface area contributed by atoms with Gasteiger partial charge in [-0.15, -0.1) is 0 Å². The summed E-state index contributed by atoms with van der Waals surface area (Å²) in [6.07, 6.45) is 3.39. The van der Waals surface area contributed by atoms with Gasteiger partial charge < -0.3 is 14.7 Å². The number of hydrogen-bond acceptors (Lipinski definition) is 5. The zero-order chi connectivity index (χ0) is 12.5. The molecule has 0 aromatic carbocycles. The minimum Gasteiger partial charge on any atom is -0.448 e. The van der Waals surface area contributed by atoms with E-state index in [0.29, 0.717) is 21.7 Å². The van der Waals surface area contributed by atoms with Crippen molar-refractivity contribution >= 4 is 21.8 Å². The summed E-state index contributed by atoms with van der Waals surface area (Å²) < 4.78 is 11.1. The van der Waals surface area contributed by atoms with Crippen LogP contribution in [0.1, 0.15) is 0 Å². The van der Waals surface area contributed by atoms with Crippen molar-refractivity contribution in [3.8, 4) is 22.6 Å². The maximum atomic E-state index is 5.81. The number of aromatic nitrogens is 2. The van der Waals surface area contributed by atoms with E-state index in [4.69, 9.17) is 14.7 Å². The third-order valence-corrected chi connectivity index (χ3v) is 2.90. The topological polar surface area (TPSA) is 78.1 Å². The molecule has 3 aromatic heterocycles. The molecule has 0 aliphatic heterocycles. The van der Waals surface area contributed by atoms with Gasteiger partial charge in [-0.2, -0.15) is 0 Å². The lowest BCUT2D eigenvalue weighted by molar-refractivity contribution is 0.435. The SMILES string of the molecule is Nc1onc(-c2ccc(Br)o2)c1-c1cccnc1. The molecule has 0 bridgehead atoms. The fourth-order valence-corrected chi connectivity index (χ4v) is 2.01. The molecule has 3 rings (SSSR count). The molecule has 18 heavy (non-hydrogen) atoms. The Kier molecular flexibility index (Phi) is 2.64. The van der Waals surface area contributed by atoms with Gasteiger partial charge in [0.15, 0.2) is 16.1 Å². The molecular formula is C12H8BrN3O2. The number of hydrogen-bond donors (Lipinski definition) is 1. The van der Waals surface area contributed by atoms with Gasteiger partial charge in [-0.1, -0.05) is 11.2 Å². The lowest BCUT2D eigenvalue weighted by Gasteiger charge is -1.99. The number of rotatable bonds is 2. The number of pyridine rings is 1. The number of nitrogens with two attached hydrogens (primary N) is 1. The average molecular weight is 306 g/mol. The van der Waals surface area contributed by atoms with Gasteiger partial charge in [0, 0.05) is 18.0 Å². The Hall–Kier alpha value is -2.08. The third kappa shape index (κ3) is 1.80. The van der Waals surface area contributed by atoms with Crippen molar-refractivity contribution < 1.29 is 8.94 Å². The average Bonchev–Trinajstić information content (AvgIpc) is 2.96. The highest BCUT2D eigenvalue weighted by atomic mass is 79.9. The fourth-order valence-electron chi connectivity index (χ4n) is 1.70. The summed E-state index contributed by atoms with van der Waals surface area (Å²) in [5.41, 5.74) is 7.89. The number of halogens is 1. The van der Waals surface area contributed by atoms with Gasteiger partial charge in [0.05, 0.1) is 5.56 Å². The van der Waals surface area contributed by atoms with E-state index in [1.807, 2.05) is 12.1 Å². The summed E-state index contributed by atoms with van der Waals surface area (Å²) in [7, 11) is 0. The zero-order valence-corrected chi connectivity index (χ0v) is 10.7. The van der Waals surface area contributed by atoms with Crippen LogP contribution in [0, 0.1) is 0 Å². The van der Waals surface area contributed by atoms with Crippen LogP contribution in [-0.4, -0.2) is 10.1 Å². The highest BCUT2D eigenvalue weighted by molar-refractivity contribution is 9.10. The molecule has 0 saturated carbocycles. The van der Waals surface area contributed by atoms with Crippen molar-refractivity contribution in [3.05, 3.63) is 41.3 Å². The van der Waals surface area contributed by atoms with Crippen molar-refractivity contribution in [2.75, 3.05) is 5.73 Å². The number of nitrogens with zero attached hydrogens (tertiary/aromatic N) is 2. The third-order valence-electron chi connectivity index (χ3n) is 2.48. The van der Waals surface area contributed by atoms with Crippen molar-refractivity contribution in [3.63, 3.8) is 0 Å². The van der Waals surface area contributed by atoms with Crippen LogP contribution in [0.25, 0.3) is 22.6 Å². The highest BCUT2D eigenvalue weighted by Crippen LogP contribution is 2.36. The van der Waals surface area contributed by atoms with Crippen LogP contribution in [-0.2, 0) is 0 Å². The molecule has 0 spiro atoms. The molecule has 3 heterocycles. The van der Waals surface area contributed by atoms with E-state index in [9.17, 15) is 0 Å². The monoisotopic (exact) mass is 305 g/mol. The van der Waals surface area contributed by atoms with Gasteiger partial charge in [-0.3, -0.25) is 4.98 Å². The molecule has 0 amide bonds. The predicted octanol–water partition coefficient (Wildman–Crippen LogP) is 3.34. The lowest BCUT2D eigenvalue weighted by atomic mass is 10.1. The lowest BCUT2D eigenvalue weighted by Crippen LogP contribution is -1.87. The van der Waals surface area contributed by atoms with E-state index < -0.39 is 0 Å². The van der Waals surface area contributed by atoms with Gasteiger partial charge in [0.25, 0.3) is 0 Å². The molecule has 0 fully saturated rings. The first-order chi connectivity index (χ1) is 8.75. The molecule has 6 heteroatoms. The van der Waals surface area contributed by atoms with Gasteiger partial charge in [0.1, 0.15) is 0 Å². The van der Waals surface area contributed by atoms with Gasteiger partial charge in [0.2, 0.25) is 5.88 Å². The minimum atomic E-state index is 0.241. The number of nitrogen functional groups attached to an aromatic ring is 1.